The number of rotatable bonds is 4. The fraction of sp³-hybridized carbons (Fsp3) is 0.333. The first-order chi connectivity index (χ1) is 13.7. The Labute approximate surface area is 169 Å². The smallest absolute Gasteiger partial charge is 0.221 e. The number of hydrogen-bond acceptors (Lipinski definition) is 5. The summed E-state index contributed by atoms with van der Waals surface area (Å²) < 4.78 is 13.1. The van der Waals surface area contributed by atoms with Gasteiger partial charge in [-0.1, -0.05) is 23.7 Å². The van der Waals surface area contributed by atoms with Crippen LogP contribution in [0.1, 0.15) is 18.4 Å². The highest BCUT2D eigenvalue weighted by atomic mass is 35.5. The summed E-state index contributed by atoms with van der Waals surface area (Å²) in [5.41, 5.74) is 2.25. The van der Waals surface area contributed by atoms with Crippen LogP contribution in [-0.2, 0) is 6.54 Å². The third-order valence-corrected chi connectivity index (χ3v) is 5.32. The van der Waals surface area contributed by atoms with Crippen LogP contribution in [0.3, 0.4) is 0 Å². The van der Waals surface area contributed by atoms with E-state index in [0.717, 1.165) is 43.2 Å². The standard InChI is InChI=1S/C21H23ClFN5/c22-17-3-1-16(2-4-17)13-27-14-24-21(25-15-27)26-19-9-11-28(12-10-19)20-7-5-18(23)6-8-20/h1-8,14,19H,9-13,15H2,(H,25,26). The van der Waals surface area contributed by atoms with Crippen molar-refractivity contribution in [3.8, 4) is 0 Å². The molecule has 7 heteroatoms. The molecule has 146 valence electrons. The number of hydrogen-bond donors (Lipinski definition) is 1. The van der Waals surface area contributed by atoms with Crippen molar-refractivity contribution in [1.82, 2.24) is 10.2 Å². The van der Waals surface area contributed by atoms with Gasteiger partial charge >= 0.3 is 0 Å². The van der Waals surface area contributed by atoms with Crippen LogP contribution in [0.25, 0.3) is 0 Å². The lowest BCUT2D eigenvalue weighted by molar-refractivity contribution is 0.425. The Kier molecular flexibility index (Phi) is 5.76. The maximum absolute atomic E-state index is 13.1. The molecule has 5 nitrogen and oxygen atoms in total. The predicted molar refractivity (Wildman–Crippen MR) is 113 cm³/mol. The van der Waals surface area contributed by atoms with Gasteiger partial charge < -0.3 is 15.1 Å². The molecule has 2 aromatic carbocycles. The molecule has 28 heavy (non-hydrogen) atoms. The first kappa shape index (κ1) is 18.7. The van der Waals surface area contributed by atoms with Gasteiger partial charge in [-0.3, -0.25) is 0 Å². The minimum absolute atomic E-state index is 0.196. The van der Waals surface area contributed by atoms with Crippen molar-refractivity contribution < 1.29 is 4.39 Å². The van der Waals surface area contributed by atoms with Gasteiger partial charge in [0.25, 0.3) is 0 Å². The average molecular weight is 400 g/mol. The molecule has 0 atom stereocenters. The predicted octanol–water partition coefficient (Wildman–Crippen LogP) is 3.90. The van der Waals surface area contributed by atoms with Gasteiger partial charge in [0, 0.05) is 36.4 Å². The molecule has 0 bridgehead atoms. The van der Waals surface area contributed by atoms with Crippen molar-refractivity contribution >= 4 is 29.6 Å². The highest BCUT2D eigenvalue weighted by Crippen LogP contribution is 2.20. The SMILES string of the molecule is Fc1ccc(N2CCC(NC3=NCN(Cc4ccc(Cl)cc4)C=N3)CC2)cc1. The Hall–Kier alpha value is -2.60. The molecule has 1 N–H and O–H groups in total. The Morgan fingerprint density at radius 2 is 1.75 bits per heavy atom. The summed E-state index contributed by atoms with van der Waals surface area (Å²) in [5, 5.41) is 4.19. The van der Waals surface area contributed by atoms with Crippen molar-refractivity contribution in [3.63, 3.8) is 0 Å². The van der Waals surface area contributed by atoms with Crippen LogP contribution in [0, 0.1) is 5.82 Å². The minimum atomic E-state index is -0.196. The topological polar surface area (TPSA) is 43.2 Å². The number of benzene rings is 2. The first-order valence-electron chi connectivity index (χ1n) is 9.50. The average Bonchev–Trinajstić information content (AvgIpc) is 2.72. The molecule has 0 unspecified atom stereocenters. The molecule has 0 aliphatic carbocycles. The molecule has 0 radical (unpaired) electrons. The number of guanidine groups is 1. The molecule has 0 saturated carbocycles. The molecule has 4 rings (SSSR count). The molecular formula is C21H23ClFN5. The summed E-state index contributed by atoms with van der Waals surface area (Å²) in [5.74, 6) is 0.506. The largest absolute Gasteiger partial charge is 0.371 e. The van der Waals surface area contributed by atoms with E-state index in [2.05, 4.69) is 25.1 Å². The van der Waals surface area contributed by atoms with Gasteiger partial charge in [-0.05, 0) is 54.8 Å². The highest BCUT2D eigenvalue weighted by Gasteiger charge is 2.21. The van der Waals surface area contributed by atoms with Crippen molar-refractivity contribution in [2.75, 3.05) is 24.7 Å². The monoisotopic (exact) mass is 399 g/mol. The fourth-order valence-electron chi connectivity index (χ4n) is 3.49. The van der Waals surface area contributed by atoms with Gasteiger partial charge in [-0.15, -0.1) is 0 Å². The third kappa shape index (κ3) is 4.81. The molecule has 0 aromatic heterocycles. The minimum Gasteiger partial charge on any atom is -0.371 e. The van der Waals surface area contributed by atoms with E-state index in [0.29, 0.717) is 18.7 Å². The van der Waals surface area contributed by atoms with E-state index in [-0.39, 0.29) is 5.82 Å². The molecule has 0 amide bonds. The molecular weight excluding hydrogens is 377 g/mol. The number of halogens is 2. The van der Waals surface area contributed by atoms with E-state index in [1.165, 1.54) is 17.7 Å². The van der Waals surface area contributed by atoms with Crippen LogP contribution in [0.15, 0.2) is 58.5 Å². The van der Waals surface area contributed by atoms with Gasteiger partial charge in [0.1, 0.15) is 12.5 Å². The normalized spacial score (nSPS) is 17.6. The van der Waals surface area contributed by atoms with Gasteiger partial charge in [-0.25, -0.2) is 14.4 Å². The maximum Gasteiger partial charge on any atom is 0.221 e. The summed E-state index contributed by atoms with van der Waals surface area (Å²) in [4.78, 5) is 13.4. The number of anilines is 1. The second-order valence-corrected chi connectivity index (χ2v) is 7.56. The zero-order chi connectivity index (χ0) is 19.3. The summed E-state index contributed by atoms with van der Waals surface area (Å²) >= 11 is 5.93. The number of nitrogens with one attached hydrogen (secondary N) is 1. The fourth-order valence-corrected chi connectivity index (χ4v) is 3.61. The quantitative estimate of drug-likeness (QED) is 0.848. The van der Waals surface area contributed by atoms with Crippen LogP contribution in [0.4, 0.5) is 10.1 Å². The maximum atomic E-state index is 13.1. The van der Waals surface area contributed by atoms with Gasteiger partial charge in [0.2, 0.25) is 5.96 Å². The number of aliphatic imine (C=N–C) groups is 2. The van der Waals surface area contributed by atoms with Crippen LogP contribution in [0.5, 0.6) is 0 Å². The third-order valence-electron chi connectivity index (χ3n) is 5.06. The van der Waals surface area contributed by atoms with Gasteiger partial charge in [-0.2, -0.15) is 0 Å². The van der Waals surface area contributed by atoms with Crippen molar-refractivity contribution in [3.05, 3.63) is 64.9 Å². The highest BCUT2D eigenvalue weighted by molar-refractivity contribution is 6.30. The Morgan fingerprint density at radius 3 is 2.39 bits per heavy atom. The second-order valence-electron chi connectivity index (χ2n) is 7.12. The second kappa shape index (κ2) is 8.61. The van der Waals surface area contributed by atoms with Crippen LogP contribution >= 0.6 is 11.6 Å². The lowest BCUT2D eigenvalue weighted by Gasteiger charge is -2.34. The van der Waals surface area contributed by atoms with Crippen molar-refractivity contribution in [2.45, 2.75) is 25.4 Å². The van der Waals surface area contributed by atoms with Crippen LogP contribution in [-0.4, -0.2) is 43.0 Å². The Bertz CT molecular complexity index is 842. The zero-order valence-corrected chi connectivity index (χ0v) is 16.3. The molecule has 0 spiro atoms. The van der Waals surface area contributed by atoms with E-state index < -0.39 is 0 Å². The lowest BCUT2D eigenvalue weighted by atomic mass is 10.0. The summed E-state index contributed by atoms with van der Waals surface area (Å²) in [6.07, 6.45) is 3.85. The van der Waals surface area contributed by atoms with E-state index in [9.17, 15) is 4.39 Å². The first-order valence-corrected chi connectivity index (χ1v) is 9.88. The molecule has 2 aromatic rings. The summed E-state index contributed by atoms with van der Waals surface area (Å²) in [6, 6.07) is 14.9. The van der Waals surface area contributed by atoms with E-state index in [1.54, 1.807) is 0 Å². The molecule has 2 aliphatic rings. The summed E-state index contributed by atoms with van der Waals surface area (Å²) in [7, 11) is 0. The molecule has 2 aliphatic heterocycles. The van der Waals surface area contributed by atoms with Gasteiger partial charge in [0.05, 0.1) is 6.34 Å². The Morgan fingerprint density at radius 1 is 1.04 bits per heavy atom. The molecule has 1 fully saturated rings. The summed E-state index contributed by atoms with van der Waals surface area (Å²) in [6.45, 7) is 3.21. The lowest BCUT2D eigenvalue weighted by Crippen LogP contribution is -2.45. The van der Waals surface area contributed by atoms with Crippen molar-refractivity contribution in [1.29, 1.82) is 0 Å². The molecule has 1 saturated heterocycles. The van der Waals surface area contributed by atoms with Crippen LogP contribution < -0.4 is 10.2 Å². The zero-order valence-electron chi connectivity index (χ0n) is 15.6. The van der Waals surface area contributed by atoms with E-state index in [4.69, 9.17) is 11.6 Å². The number of nitrogens with zero attached hydrogens (tertiary/aromatic N) is 4. The molecule has 2 heterocycles. The Balaban J connectivity index is 1.24. The van der Waals surface area contributed by atoms with Gasteiger partial charge in [0.15, 0.2) is 0 Å². The van der Waals surface area contributed by atoms with E-state index in [1.807, 2.05) is 42.7 Å². The van der Waals surface area contributed by atoms with E-state index >= 15 is 0 Å². The van der Waals surface area contributed by atoms with Crippen molar-refractivity contribution in [2.24, 2.45) is 9.98 Å². The number of piperidine rings is 1. The van der Waals surface area contributed by atoms with Crippen LogP contribution in [0.2, 0.25) is 5.02 Å².